The van der Waals surface area contributed by atoms with Crippen LogP contribution in [0.4, 0.5) is 4.39 Å². The highest BCUT2D eigenvalue weighted by molar-refractivity contribution is 5.85. The molecule has 0 aliphatic rings. The van der Waals surface area contributed by atoms with Crippen LogP contribution in [0.1, 0.15) is 12.5 Å². The Bertz CT molecular complexity index is 360. The lowest BCUT2D eigenvalue weighted by Gasteiger charge is -2.11. The summed E-state index contributed by atoms with van der Waals surface area (Å²) in [5, 5.41) is 5.80. The van der Waals surface area contributed by atoms with Gasteiger partial charge in [0, 0.05) is 12.6 Å². The van der Waals surface area contributed by atoms with Crippen LogP contribution >= 0.6 is 12.4 Å². The zero-order valence-electron chi connectivity index (χ0n) is 10.00. The molecule has 0 saturated heterocycles. The van der Waals surface area contributed by atoms with Crippen molar-refractivity contribution in [2.75, 3.05) is 13.6 Å². The van der Waals surface area contributed by atoms with Gasteiger partial charge in [0.15, 0.2) is 0 Å². The Kier molecular flexibility index (Phi) is 7.50. The van der Waals surface area contributed by atoms with Crippen molar-refractivity contribution in [3.63, 3.8) is 0 Å². The van der Waals surface area contributed by atoms with Gasteiger partial charge in [0.2, 0.25) is 5.91 Å². The minimum absolute atomic E-state index is 0. The number of amides is 1. The minimum atomic E-state index is -0.311. The monoisotopic (exact) mass is 260 g/mol. The first-order chi connectivity index (χ1) is 7.61. The Morgan fingerprint density at radius 3 is 2.76 bits per heavy atom. The molecular weight excluding hydrogens is 243 g/mol. The Hall–Kier alpha value is -1.13. The number of halogens is 2. The third kappa shape index (κ3) is 6.24. The molecule has 0 saturated carbocycles. The van der Waals surface area contributed by atoms with Crippen molar-refractivity contribution in [3.05, 3.63) is 35.6 Å². The van der Waals surface area contributed by atoms with Crippen LogP contribution in [0.3, 0.4) is 0 Å². The average molecular weight is 261 g/mol. The SMILES string of the molecule is CNC(C)CNC(=O)Cc1cccc(F)c1.Cl. The van der Waals surface area contributed by atoms with Gasteiger partial charge in [-0.1, -0.05) is 12.1 Å². The van der Waals surface area contributed by atoms with E-state index in [4.69, 9.17) is 0 Å². The number of likely N-dealkylation sites (N-methyl/N-ethyl adjacent to an activating group) is 1. The molecule has 1 amide bonds. The molecule has 17 heavy (non-hydrogen) atoms. The third-order valence-corrected chi connectivity index (χ3v) is 2.35. The summed E-state index contributed by atoms with van der Waals surface area (Å²) >= 11 is 0. The van der Waals surface area contributed by atoms with Crippen molar-refractivity contribution in [1.82, 2.24) is 10.6 Å². The molecule has 1 atom stereocenters. The van der Waals surface area contributed by atoms with Gasteiger partial charge in [-0.3, -0.25) is 4.79 Å². The number of rotatable bonds is 5. The van der Waals surface area contributed by atoms with E-state index in [0.29, 0.717) is 12.1 Å². The van der Waals surface area contributed by atoms with Gasteiger partial charge in [-0.05, 0) is 31.7 Å². The summed E-state index contributed by atoms with van der Waals surface area (Å²) in [4.78, 5) is 11.5. The molecule has 0 aliphatic heterocycles. The molecule has 2 N–H and O–H groups in total. The molecular formula is C12H18ClFN2O. The Balaban J connectivity index is 0.00000256. The van der Waals surface area contributed by atoms with Crippen LogP contribution in [0.2, 0.25) is 0 Å². The summed E-state index contributed by atoms with van der Waals surface area (Å²) in [5.41, 5.74) is 0.689. The second-order valence-corrected chi connectivity index (χ2v) is 3.80. The number of benzene rings is 1. The molecule has 0 radical (unpaired) electrons. The van der Waals surface area contributed by atoms with Gasteiger partial charge in [-0.15, -0.1) is 12.4 Å². The molecule has 1 aromatic rings. The van der Waals surface area contributed by atoms with Crippen LogP contribution in [0.15, 0.2) is 24.3 Å². The van der Waals surface area contributed by atoms with E-state index in [-0.39, 0.29) is 36.6 Å². The molecule has 0 fully saturated rings. The van der Waals surface area contributed by atoms with E-state index in [2.05, 4.69) is 10.6 Å². The molecule has 0 heterocycles. The largest absolute Gasteiger partial charge is 0.354 e. The highest BCUT2D eigenvalue weighted by Crippen LogP contribution is 2.03. The molecule has 1 aromatic carbocycles. The molecule has 1 rings (SSSR count). The summed E-state index contributed by atoms with van der Waals surface area (Å²) in [6.45, 7) is 2.55. The van der Waals surface area contributed by atoms with Crippen LogP contribution in [-0.2, 0) is 11.2 Å². The van der Waals surface area contributed by atoms with Crippen molar-refractivity contribution in [1.29, 1.82) is 0 Å². The van der Waals surface area contributed by atoms with Gasteiger partial charge in [-0.2, -0.15) is 0 Å². The fourth-order valence-electron chi connectivity index (χ4n) is 1.26. The van der Waals surface area contributed by atoms with E-state index in [1.807, 2.05) is 14.0 Å². The summed E-state index contributed by atoms with van der Waals surface area (Å²) in [7, 11) is 1.84. The number of carbonyl (C=O) groups excluding carboxylic acids is 1. The Morgan fingerprint density at radius 2 is 2.18 bits per heavy atom. The molecule has 5 heteroatoms. The molecule has 0 spiro atoms. The van der Waals surface area contributed by atoms with E-state index in [0.717, 1.165) is 0 Å². The third-order valence-electron chi connectivity index (χ3n) is 2.35. The van der Waals surface area contributed by atoms with Crippen molar-refractivity contribution < 1.29 is 9.18 Å². The fourth-order valence-corrected chi connectivity index (χ4v) is 1.26. The van der Waals surface area contributed by atoms with E-state index in [9.17, 15) is 9.18 Å². The highest BCUT2D eigenvalue weighted by atomic mass is 35.5. The molecule has 96 valence electrons. The maximum atomic E-state index is 12.8. The van der Waals surface area contributed by atoms with E-state index >= 15 is 0 Å². The van der Waals surface area contributed by atoms with Gasteiger partial charge >= 0.3 is 0 Å². The first-order valence-corrected chi connectivity index (χ1v) is 5.30. The van der Waals surface area contributed by atoms with Gasteiger partial charge in [0.25, 0.3) is 0 Å². The summed E-state index contributed by atoms with van der Waals surface area (Å²) in [6, 6.07) is 6.32. The predicted molar refractivity (Wildman–Crippen MR) is 68.9 cm³/mol. The lowest BCUT2D eigenvalue weighted by atomic mass is 10.1. The van der Waals surface area contributed by atoms with Crippen molar-refractivity contribution in [2.24, 2.45) is 0 Å². The first-order valence-electron chi connectivity index (χ1n) is 5.30. The van der Waals surface area contributed by atoms with E-state index in [1.54, 1.807) is 12.1 Å². The highest BCUT2D eigenvalue weighted by Gasteiger charge is 2.05. The average Bonchev–Trinajstić information content (AvgIpc) is 2.26. The summed E-state index contributed by atoms with van der Waals surface area (Å²) < 4.78 is 12.8. The number of hydrogen-bond donors (Lipinski definition) is 2. The molecule has 3 nitrogen and oxygen atoms in total. The topological polar surface area (TPSA) is 41.1 Å². The minimum Gasteiger partial charge on any atom is -0.354 e. The van der Waals surface area contributed by atoms with Crippen LogP contribution in [0.5, 0.6) is 0 Å². The van der Waals surface area contributed by atoms with Crippen molar-refractivity contribution in [3.8, 4) is 0 Å². The van der Waals surface area contributed by atoms with Gasteiger partial charge in [0.05, 0.1) is 6.42 Å². The van der Waals surface area contributed by atoms with Gasteiger partial charge in [0.1, 0.15) is 5.82 Å². The zero-order valence-corrected chi connectivity index (χ0v) is 10.8. The maximum absolute atomic E-state index is 12.8. The maximum Gasteiger partial charge on any atom is 0.224 e. The lowest BCUT2D eigenvalue weighted by molar-refractivity contribution is -0.120. The molecule has 1 unspecified atom stereocenters. The second-order valence-electron chi connectivity index (χ2n) is 3.80. The van der Waals surface area contributed by atoms with Crippen LogP contribution in [0.25, 0.3) is 0 Å². The van der Waals surface area contributed by atoms with Crippen molar-refractivity contribution >= 4 is 18.3 Å². The zero-order chi connectivity index (χ0) is 12.0. The number of nitrogens with one attached hydrogen (secondary N) is 2. The normalized spacial score (nSPS) is 11.5. The quantitative estimate of drug-likeness (QED) is 0.843. The lowest BCUT2D eigenvalue weighted by Crippen LogP contribution is -2.37. The van der Waals surface area contributed by atoms with E-state index in [1.165, 1.54) is 12.1 Å². The first kappa shape index (κ1) is 15.9. The summed E-state index contributed by atoms with van der Waals surface area (Å²) in [6.07, 6.45) is 0.216. The van der Waals surface area contributed by atoms with E-state index < -0.39 is 0 Å². The van der Waals surface area contributed by atoms with Gasteiger partial charge in [-0.25, -0.2) is 4.39 Å². The number of carbonyl (C=O) groups is 1. The van der Waals surface area contributed by atoms with Crippen molar-refractivity contribution in [2.45, 2.75) is 19.4 Å². The van der Waals surface area contributed by atoms with Crippen LogP contribution < -0.4 is 10.6 Å². The second kappa shape index (κ2) is 8.03. The Morgan fingerprint density at radius 1 is 1.47 bits per heavy atom. The standard InChI is InChI=1S/C12H17FN2O.ClH/c1-9(14-2)8-15-12(16)7-10-4-3-5-11(13)6-10;/h3-6,9,14H,7-8H2,1-2H3,(H,15,16);1H. The van der Waals surface area contributed by atoms with Crippen LogP contribution in [-0.4, -0.2) is 25.5 Å². The molecule has 0 bridgehead atoms. The fraction of sp³-hybridized carbons (Fsp3) is 0.417. The predicted octanol–water partition coefficient (Wildman–Crippen LogP) is 1.51. The molecule has 0 aromatic heterocycles. The smallest absolute Gasteiger partial charge is 0.224 e. The number of hydrogen-bond acceptors (Lipinski definition) is 2. The van der Waals surface area contributed by atoms with Gasteiger partial charge < -0.3 is 10.6 Å². The van der Waals surface area contributed by atoms with Crippen LogP contribution in [0, 0.1) is 5.82 Å². The molecule has 0 aliphatic carbocycles. The summed E-state index contributed by atoms with van der Waals surface area (Å²) in [5.74, 6) is -0.401. The Labute approximate surface area is 107 Å².